The molecule has 0 N–H and O–H groups in total. The van der Waals surface area contributed by atoms with Gasteiger partial charge in [-0.1, -0.05) is 60.4 Å². The maximum Gasteiger partial charge on any atom is 0.318 e. The van der Waals surface area contributed by atoms with Gasteiger partial charge in [-0.25, -0.2) is 0 Å². The molecule has 0 spiro atoms. The minimum Gasteiger partial charge on any atom is -0.493 e. The minimum absolute atomic E-state index is 0.156. The van der Waals surface area contributed by atoms with Crippen molar-refractivity contribution in [2.24, 2.45) is 0 Å². The molecule has 4 rings (SSSR count). The first-order chi connectivity index (χ1) is 17.3. The highest BCUT2D eigenvalue weighted by Crippen LogP contribution is 2.39. The molecular formula is C24H17N3O7S2. The van der Waals surface area contributed by atoms with Crippen molar-refractivity contribution in [1.29, 1.82) is 0 Å². The van der Waals surface area contributed by atoms with E-state index >= 15 is 0 Å². The van der Waals surface area contributed by atoms with Gasteiger partial charge in [0.15, 0.2) is 11.5 Å². The summed E-state index contributed by atoms with van der Waals surface area (Å²) in [5, 5.41) is 22.4. The summed E-state index contributed by atoms with van der Waals surface area (Å²) >= 11 is 6.59. The summed E-state index contributed by atoms with van der Waals surface area (Å²) < 4.78 is 11.5. The summed E-state index contributed by atoms with van der Waals surface area (Å²) in [6.45, 7) is 0.368. The molecule has 0 aliphatic carbocycles. The van der Waals surface area contributed by atoms with Crippen LogP contribution in [-0.4, -0.2) is 32.1 Å². The van der Waals surface area contributed by atoms with Crippen molar-refractivity contribution in [2.75, 3.05) is 7.11 Å². The lowest BCUT2D eigenvalue weighted by Crippen LogP contribution is -2.27. The van der Waals surface area contributed by atoms with Gasteiger partial charge in [0.2, 0.25) is 5.75 Å². The Kier molecular flexibility index (Phi) is 7.27. The Morgan fingerprint density at radius 1 is 0.972 bits per heavy atom. The number of benzene rings is 3. The van der Waals surface area contributed by atoms with Crippen molar-refractivity contribution in [3.05, 3.63) is 103 Å². The number of nitro groups is 2. The summed E-state index contributed by atoms with van der Waals surface area (Å²) in [6.07, 6.45) is 1.67. The predicted molar refractivity (Wildman–Crippen MR) is 138 cm³/mol. The molecule has 1 saturated heterocycles. The van der Waals surface area contributed by atoms with E-state index in [0.717, 1.165) is 23.8 Å². The first kappa shape index (κ1) is 24.8. The summed E-state index contributed by atoms with van der Waals surface area (Å²) in [6, 6.07) is 17.4. The number of thiocarbonyl (C=S) groups is 1. The molecule has 0 bridgehead atoms. The lowest BCUT2D eigenvalue weighted by molar-refractivity contribution is -0.394. The van der Waals surface area contributed by atoms with E-state index in [9.17, 15) is 25.0 Å². The Balaban J connectivity index is 1.58. The summed E-state index contributed by atoms with van der Waals surface area (Å²) in [5.41, 5.74) is 0.592. The van der Waals surface area contributed by atoms with Crippen LogP contribution in [0.25, 0.3) is 6.08 Å². The fraction of sp³-hybridized carbons (Fsp3) is 0.0833. The molecular weight excluding hydrogens is 506 g/mol. The van der Waals surface area contributed by atoms with Gasteiger partial charge in [-0.3, -0.25) is 29.9 Å². The third kappa shape index (κ3) is 5.34. The lowest BCUT2D eigenvalue weighted by atomic mass is 10.1. The number of thioether (sulfide) groups is 1. The Bertz CT molecular complexity index is 1410. The van der Waals surface area contributed by atoms with Crippen LogP contribution in [0.15, 0.2) is 71.6 Å². The van der Waals surface area contributed by atoms with E-state index in [1.165, 1.54) is 29.8 Å². The van der Waals surface area contributed by atoms with Crippen molar-refractivity contribution in [3.8, 4) is 17.2 Å². The summed E-state index contributed by atoms with van der Waals surface area (Å²) in [7, 11) is 1.40. The van der Waals surface area contributed by atoms with E-state index in [0.29, 0.717) is 21.3 Å². The Hall–Kier alpha value is -4.29. The van der Waals surface area contributed by atoms with Crippen LogP contribution in [0.5, 0.6) is 17.2 Å². The zero-order chi connectivity index (χ0) is 25.8. The molecule has 0 unspecified atom stereocenters. The third-order valence-corrected chi connectivity index (χ3v) is 6.49. The van der Waals surface area contributed by atoms with Crippen LogP contribution in [0.2, 0.25) is 0 Å². The largest absolute Gasteiger partial charge is 0.493 e. The van der Waals surface area contributed by atoms with Gasteiger partial charge >= 0.3 is 5.69 Å². The highest BCUT2D eigenvalue weighted by molar-refractivity contribution is 8.26. The van der Waals surface area contributed by atoms with E-state index in [4.69, 9.17) is 21.7 Å². The molecule has 182 valence electrons. The van der Waals surface area contributed by atoms with Gasteiger partial charge in [0.1, 0.15) is 4.32 Å². The maximum absolute atomic E-state index is 12.9. The zero-order valence-electron chi connectivity index (χ0n) is 18.7. The van der Waals surface area contributed by atoms with Crippen LogP contribution in [0.3, 0.4) is 0 Å². The van der Waals surface area contributed by atoms with E-state index in [1.807, 2.05) is 30.3 Å². The molecule has 36 heavy (non-hydrogen) atoms. The Labute approximate surface area is 214 Å². The van der Waals surface area contributed by atoms with Gasteiger partial charge < -0.3 is 9.47 Å². The molecule has 0 atom stereocenters. The molecule has 0 aromatic heterocycles. The standard InChI is InChI=1S/C24H17N3O7S2/c1-33-21-11-16(12-22-23(28)25(24(35)36-22)14-15-5-3-2-4-6-15)7-9-20(21)34-19-10-8-17(26(29)30)13-18(19)27(31)32/h2-13H,14H2,1H3/b22-12-. The van der Waals surface area contributed by atoms with Gasteiger partial charge in [-0.15, -0.1) is 0 Å². The monoisotopic (exact) mass is 523 g/mol. The Morgan fingerprint density at radius 2 is 1.69 bits per heavy atom. The van der Waals surface area contributed by atoms with Crippen molar-refractivity contribution in [2.45, 2.75) is 6.54 Å². The second-order valence-corrected chi connectivity index (χ2v) is 9.11. The number of nitrogens with zero attached hydrogens (tertiary/aromatic N) is 3. The topological polar surface area (TPSA) is 125 Å². The molecule has 0 radical (unpaired) electrons. The highest BCUT2D eigenvalue weighted by atomic mass is 32.2. The van der Waals surface area contributed by atoms with Crippen LogP contribution in [0.1, 0.15) is 11.1 Å². The van der Waals surface area contributed by atoms with Crippen molar-refractivity contribution >= 4 is 51.7 Å². The lowest BCUT2D eigenvalue weighted by Gasteiger charge is -2.14. The quantitative estimate of drug-likeness (QED) is 0.158. The number of amides is 1. The molecule has 1 amide bonds. The number of hydrogen-bond acceptors (Lipinski definition) is 9. The van der Waals surface area contributed by atoms with E-state index in [2.05, 4.69) is 0 Å². The van der Waals surface area contributed by atoms with Crippen molar-refractivity contribution in [1.82, 2.24) is 4.90 Å². The number of carbonyl (C=O) groups excluding carboxylic acids is 1. The number of nitro benzene ring substituents is 2. The van der Waals surface area contributed by atoms with Gasteiger partial charge in [-0.2, -0.15) is 0 Å². The molecule has 12 heteroatoms. The molecule has 10 nitrogen and oxygen atoms in total. The third-order valence-electron chi connectivity index (χ3n) is 5.11. The first-order valence-electron chi connectivity index (χ1n) is 10.3. The summed E-state index contributed by atoms with van der Waals surface area (Å²) in [4.78, 5) is 35.8. The van der Waals surface area contributed by atoms with Crippen LogP contribution in [0.4, 0.5) is 11.4 Å². The van der Waals surface area contributed by atoms with Crippen LogP contribution < -0.4 is 9.47 Å². The summed E-state index contributed by atoms with van der Waals surface area (Å²) in [5.74, 6) is 0.00692. The smallest absolute Gasteiger partial charge is 0.318 e. The highest BCUT2D eigenvalue weighted by Gasteiger charge is 2.32. The van der Waals surface area contributed by atoms with Crippen LogP contribution in [-0.2, 0) is 11.3 Å². The number of ether oxygens (including phenoxy) is 2. The number of non-ortho nitro benzene ring substituents is 1. The normalized spacial score (nSPS) is 14.2. The fourth-order valence-corrected chi connectivity index (χ4v) is 4.63. The molecule has 0 saturated carbocycles. The van der Waals surface area contributed by atoms with Crippen molar-refractivity contribution < 1.29 is 24.1 Å². The van der Waals surface area contributed by atoms with E-state index < -0.39 is 21.2 Å². The van der Waals surface area contributed by atoms with Crippen LogP contribution >= 0.6 is 24.0 Å². The van der Waals surface area contributed by atoms with E-state index in [-0.39, 0.29) is 23.2 Å². The van der Waals surface area contributed by atoms with Crippen LogP contribution in [0, 0.1) is 20.2 Å². The number of hydrogen-bond donors (Lipinski definition) is 0. The van der Waals surface area contributed by atoms with Gasteiger partial charge in [0, 0.05) is 6.07 Å². The van der Waals surface area contributed by atoms with Gasteiger partial charge in [0.25, 0.3) is 11.6 Å². The molecule has 1 heterocycles. The molecule has 1 aliphatic rings. The van der Waals surface area contributed by atoms with Gasteiger partial charge in [0.05, 0.1) is 34.5 Å². The van der Waals surface area contributed by atoms with E-state index in [1.54, 1.807) is 18.2 Å². The first-order valence-corrected chi connectivity index (χ1v) is 11.6. The second-order valence-electron chi connectivity index (χ2n) is 7.43. The molecule has 1 aliphatic heterocycles. The number of methoxy groups -OCH3 is 1. The zero-order valence-corrected chi connectivity index (χ0v) is 20.3. The van der Waals surface area contributed by atoms with Crippen molar-refractivity contribution in [3.63, 3.8) is 0 Å². The average Bonchev–Trinajstić information content (AvgIpc) is 3.12. The number of carbonyl (C=O) groups is 1. The number of rotatable bonds is 8. The Morgan fingerprint density at radius 3 is 2.36 bits per heavy atom. The second kappa shape index (κ2) is 10.5. The minimum atomic E-state index is -0.763. The average molecular weight is 524 g/mol. The molecule has 1 fully saturated rings. The molecule has 3 aromatic carbocycles. The predicted octanol–water partition coefficient (Wildman–Crippen LogP) is 5.71. The van der Waals surface area contributed by atoms with Gasteiger partial charge in [-0.05, 0) is 35.4 Å². The maximum atomic E-state index is 12.9. The fourth-order valence-electron chi connectivity index (χ4n) is 3.38. The SMILES string of the molecule is COc1cc(/C=C2\SC(=S)N(Cc3ccccc3)C2=O)ccc1Oc1ccc([N+](=O)[O-])cc1[N+](=O)[O-]. The molecule has 3 aromatic rings.